The molecule has 59 heavy (non-hydrogen) atoms. The summed E-state index contributed by atoms with van der Waals surface area (Å²) in [5, 5.41) is 2.85. The van der Waals surface area contributed by atoms with Gasteiger partial charge in [0.05, 0.1) is 12.6 Å². The number of likely N-dealkylation sites (tertiary alicyclic amines) is 1. The Kier molecular flexibility index (Phi) is 14.2. The number of carbonyl (C=O) groups is 3. The van der Waals surface area contributed by atoms with Crippen LogP contribution in [0, 0.1) is 23.4 Å². The van der Waals surface area contributed by atoms with Crippen molar-refractivity contribution in [2.45, 2.75) is 114 Å². The zero-order chi connectivity index (χ0) is 42.6. The maximum atomic E-state index is 15.3. The van der Waals surface area contributed by atoms with Gasteiger partial charge in [0.25, 0.3) is 0 Å². The molecule has 3 aliphatic rings. The molecule has 11 nitrogen and oxygen atoms in total. The van der Waals surface area contributed by atoms with Crippen molar-refractivity contribution in [1.29, 1.82) is 0 Å². The maximum absolute atomic E-state index is 15.3. The van der Waals surface area contributed by atoms with Gasteiger partial charge in [-0.1, -0.05) is 25.1 Å². The van der Waals surface area contributed by atoms with Crippen LogP contribution in [-0.4, -0.2) is 90.3 Å². The second kappa shape index (κ2) is 18.9. The Hall–Kier alpha value is -4.31. The molecular formula is C44H53F3N2O9S. The molecule has 6 rings (SSSR count). The molecule has 0 aromatic heterocycles. The zero-order valence-electron chi connectivity index (χ0n) is 34.4. The lowest BCUT2D eigenvalue weighted by molar-refractivity contribution is -0.211. The van der Waals surface area contributed by atoms with Crippen molar-refractivity contribution in [3.05, 3.63) is 100 Å². The van der Waals surface area contributed by atoms with E-state index in [-0.39, 0.29) is 42.1 Å². The Morgan fingerprint density at radius 3 is 2.29 bits per heavy atom. The monoisotopic (exact) mass is 842 g/mol. The normalized spacial score (nSPS) is 27.5. The van der Waals surface area contributed by atoms with E-state index < -0.39 is 71.5 Å². The topological polar surface area (TPSA) is 122 Å². The first-order valence-electron chi connectivity index (χ1n) is 19.8. The van der Waals surface area contributed by atoms with Gasteiger partial charge < -0.3 is 33.7 Å². The summed E-state index contributed by atoms with van der Waals surface area (Å²) in [4.78, 5) is 39.3. The first-order valence-corrected chi connectivity index (χ1v) is 21.1. The summed E-state index contributed by atoms with van der Waals surface area (Å²) in [6.45, 7) is 11.2. The van der Waals surface area contributed by atoms with Gasteiger partial charge in [0.15, 0.2) is 6.10 Å². The average molecular weight is 843 g/mol. The molecule has 1 amide bonds. The van der Waals surface area contributed by atoms with Gasteiger partial charge in [-0.2, -0.15) is 0 Å². The van der Waals surface area contributed by atoms with Gasteiger partial charge in [-0.05, 0) is 99.0 Å². The van der Waals surface area contributed by atoms with Crippen molar-refractivity contribution in [1.82, 2.24) is 10.2 Å². The number of nitrogens with one attached hydrogen (secondary N) is 1. The largest absolute Gasteiger partial charge is 0.489 e. The molecule has 3 saturated heterocycles. The number of ether oxygens (including phenoxy) is 6. The van der Waals surface area contributed by atoms with Crippen LogP contribution < -0.4 is 10.1 Å². The molecule has 1 N–H and O–H groups in total. The molecule has 3 aromatic rings. The summed E-state index contributed by atoms with van der Waals surface area (Å²) < 4.78 is 80.1. The highest BCUT2D eigenvalue weighted by Gasteiger charge is 2.48. The molecule has 15 heteroatoms. The summed E-state index contributed by atoms with van der Waals surface area (Å²) in [5.41, 5.74) is 0.743. The quantitative estimate of drug-likeness (QED) is 0.150. The van der Waals surface area contributed by atoms with Crippen molar-refractivity contribution in [2.24, 2.45) is 5.92 Å². The van der Waals surface area contributed by atoms with Crippen molar-refractivity contribution in [2.75, 3.05) is 26.0 Å². The van der Waals surface area contributed by atoms with E-state index in [1.807, 2.05) is 37.4 Å². The minimum Gasteiger partial charge on any atom is -0.489 e. The number of esters is 2. The minimum absolute atomic E-state index is 0.0329. The molecule has 320 valence electrons. The molecule has 3 heterocycles. The van der Waals surface area contributed by atoms with E-state index in [1.165, 1.54) is 31.7 Å². The molecule has 9 atom stereocenters. The van der Waals surface area contributed by atoms with Crippen LogP contribution in [0.15, 0.2) is 60.7 Å². The van der Waals surface area contributed by atoms with Crippen LogP contribution in [0.25, 0.3) is 0 Å². The number of hydrogen-bond acceptors (Lipinski definition) is 11. The standard InChI is InChI=1S/C44H53F3N2O9S/c1-24-38(54-25(2)50)41(55-26(3)51)39(57-42(24)59-7)28-10-14-35(46)29(19-28)18-27-8-12-32(13-9-27)56-33-16-17-49(22-33)31-21-37(48-43(52)58-44(4,5)6)40(53-23-31)34-20-30(45)11-15-36(34)47/h8-15,19-20,24,31,33,37-42H,16-18,21-23H2,1-7H3,(H,48,52)/t24-,31+,33+,37-,38-,39-,40+,41+,42+/m0/s1. The first-order chi connectivity index (χ1) is 28.0. The summed E-state index contributed by atoms with van der Waals surface area (Å²) in [6, 6.07) is 14.5. The van der Waals surface area contributed by atoms with Crippen LogP contribution in [-0.2, 0) is 39.7 Å². The number of alkyl carbamates (subject to hydrolysis) is 1. The summed E-state index contributed by atoms with van der Waals surface area (Å²) in [6.07, 6.45) is -0.932. The fourth-order valence-electron chi connectivity index (χ4n) is 8.09. The van der Waals surface area contributed by atoms with E-state index in [1.54, 1.807) is 32.9 Å². The lowest BCUT2D eigenvalue weighted by Gasteiger charge is -2.44. The predicted molar refractivity (Wildman–Crippen MR) is 214 cm³/mol. The number of thioether (sulfide) groups is 1. The van der Waals surface area contributed by atoms with Crippen LogP contribution in [0.1, 0.15) is 88.8 Å². The Labute approximate surface area is 347 Å². The number of amides is 1. The molecule has 3 aromatic carbocycles. The highest BCUT2D eigenvalue weighted by Crippen LogP contribution is 2.42. The van der Waals surface area contributed by atoms with Crippen LogP contribution >= 0.6 is 11.8 Å². The highest BCUT2D eigenvalue weighted by molar-refractivity contribution is 7.99. The average Bonchev–Trinajstić information content (AvgIpc) is 3.63. The number of benzene rings is 3. The maximum Gasteiger partial charge on any atom is 0.407 e. The van der Waals surface area contributed by atoms with Gasteiger partial charge in [0.2, 0.25) is 0 Å². The second-order valence-corrected chi connectivity index (χ2v) is 17.4. The Morgan fingerprint density at radius 2 is 1.61 bits per heavy atom. The Morgan fingerprint density at radius 1 is 0.915 bits per heavy atom. The first kappa shape index (κ1) is 44.2. The highest BCUT2D eigenvalue weighted by atomic mass is 32.2. The fraction of sp³-hybridized carbons (Fsp3) is 0.523. The van der Waals surface area contributed by atoms with Gasteiger partial charge in [-0.15, -0.1) is 11.8 Å². The lowest BCUT2D eigenvalue weighted by atomic mass is 9.88. The van der Waals surface area contributed by atoms with Crippen LogP contribution in [0.4, 0.5) is 18.0 Å². The van der Waals surface area contributed by atoms with E-state index in [9.17, 15) is 23.2 Å². The number of halogens is 3. The molecular weight excluding hydrogens is 790 g/mol. The molecule has 0 unspecified atom stereocenters. The molecule has 0 bridgehead atoms. The molecule has 3 aliphatic heterocycles. The van der Waals surface area contributed by atoms with E-state index in [4.69, 9.17) is 28.4 Å². The van der Waals surface area contributed by atoms with Gasteiger partial charge in [-0.25, -0.2) is 18.0 Å². The van der Waals surface area contributed by atoms with Gasteiger partial charge in [0, 0.05) is 50.9 Å². The SMILES string of the molecule is CS[C@H]1O[C@@H](c2ccc(F)c(Cc3ccc(O[C@@H]4CCN([C@H]5CO[C@H](c6cc(F)ccc6F)[C@@H](NC(=O)OC(C)(C)C)C5)C4)cc3)c2)[C@H](OC(C)=O)[C@@H](OC(C)=O)[C@@H]1C. The summed E-state index contributed by atoms with van der Waals surface area (Å²) in [5.74, 6) is -2.32. The number of carbonyl (C=O) groups excluding carboxylic acids is 3. The number of hydrogen-bond donors (Lipinski definition) is 1. The summed E-state index contributed by atoms with van der Waals surface area (Å²) >= 11 is 1.45. The van der Waals surface area contributed by atoms with Gasteiger partial charge in [0.1, 0.15) is 58.7 Å². The third kappa shape index (κ3) is 11.3. The predicted octanol–water partition coefficient (Wildman–Crippen LogP) is 7.83. The number of nitrogens with zero attached hydrogens (tertiary/aromatic N) is 1. The minimum atomic E-state index is -0.932. The van der Waals surface area contributed by atoms with Gasteiger partial charge in [-0.3, -0.25) is 14.5 Å². The van der Waals surface area contributed by atoms with E-state index in [0.717, 1.165) is 30.2 Å². The molecule has 0 aliphatic carbocycles. The van der Waals surface area contributed by atoms with Crippen LogP contribution in [0.2, 0.25) is 0 Å². The van der Waals surface area contributed by atoms with Crippen molar-refractivity contribution in [3.63, 3.8) is 0 Å². The third-order valence-corrected chi connectivity index (χ3v) is 11.7. The van der Waals surface area contributed by atoms with E-state index >= 15 is 4.39 Å². The number of rotatable bonds is 11. The Balaban J connectivity index is 1.09. The van der Waals surface area contributed by atoms with Crippen molar-refractivity contribution in [3.8, 4) is 5.75 Å². The molecule has 0 radical (unpaired) electrons. The molecule has 3 fully saturated rings. The lowest BCUT2D eigenvalue weighted by Crippen LogP contribution is -2.52. The van der Waals surface area contributed by atoms with E-state index in [0.29, 0.717) is 36.4 Å². The van der Waals surface area contributed by atoms with Crippen molar-refractivity contribution >= 4 is 29.8 Å². The van der Waals surface area contributed by atoms with E-state index in [2.05, 4.69) is 10.2 Å². The fourth-order valence-corrected chi connectivity index (χ4v) is 8.90. The van der Waals surface area contributed by atoms with Crippen LogP contribution in [0.5, 0.6) is 5.75 Å². The second-order valence-electron chi connectivity index (χ2n) is 16.4. The molecule has 0 saturated carbocycles. The molecule has 0 spiro atoms. The Bertz CT molecular complexity index is 1960. The van der Waals surface area contributed by atoms with Crippen molar-refractivity contribution < 1.29 is 56.0 Å². The zero-order valence-corrected chi connectivity index (χ0v) is 35.2. The van der Waals surface area contributed by atoms with Gasteiger partial charge >= 0.3 is 18.0 Å². The summed E-state index contributed by atoms with van der Waals surface area (Å²) in [7, 11) is 0. The third-order valence-electron chi connectivity index (χ3n) is 10.7. The smallest absolute Gasteiger partial charge is 0.407 e. The van der Waals surface area contributed by atoms with Crippen LogP contribution in [0.3, 0.4) is 0 Å².